The van der Waals surface area contributed by atoms with Gasteiger partial charge in [0, 0.05) is 12.1 Å². The molecule has 0 aliphatic carbocycles. The lowest BCUT2D eigenvalue weighted by Gasteiger charge is -2.44. The van der Waals surface area contributed by atoms with Crippen molar-refractivity contribution >= 4 is 0 Å². The molecule has 0 N–H and O–H groups in total. The van der Waals surface area contributed by atoms with E-state index >= 15 is 0 Å². The summed E-state index contributed by atoms with van der Waals surface area (Å²) >= 11 is 0. The van der Waals surface area contributed by atoms with Gasteiger partial charge in [-0.1, -0.05) is 6.92 Å². The van der Waals surface area contributed by atoms with Gasteiger partial charge in [-0.3, -0.25) is 4.90 Å². The molecule has 0 bridgehead atoms. The van der Waals surface area contributed by atoms with Gasteiger partial charge < -0.3 is 0 Å². The molecule has 1 rings (SSSR count). The molecule has 1 saturated heterocycles. The maximum atomic E-state index is 12.7. The molecule has 1 nitrogen and oxygen atoms in total. The fraction of sp³-hybridized carbons (Fsp3) is 1.00. The molecule has 0 aromatic rings. The van der Waals surface area contributed by atoms with Crippen molar-refractivity contribution < 1.29 is 13.2 Å². The Balaban J connectivity index is 2.73. The van der Waals surface area contributed by atoms with Crippen LogP contribution in [0, 0.1) is 11.8 Å². The summed E-state index contributed by atoms with van der Waals surface area (Å²) in [6.45, 7) is 8.53. The van der Waals surface area contributed by atoms with Gasteiger partial charge in [0.05, 0.1) is 5.92 Å². The van der Waals surface area contributed by atoms with Crippen molar-refractivity contribution in [3.05, 3.63) is 0 Å². The van der Waals surface area contributed by atoms with Crippen LogP contribution in [-0.4, -0.2) is 29.7 Å². The highest BCUT2D eigenvalue weighted by Gasteiger charge is 2.46. The van der Waals surface area contributed by atoms with E-state index in [-0.39, 0.29) is 18.0 Å². The van der Waals surface area contributed by atoms with Crippen LogP contribution >= 0.6 is 0 Å². The first kappa shape index (κ1) is 12.8. The fourth-order valence-electron chi connectivity index (χ4n) is 2.10. The SMILES string of the molecule is CC1CCN(C(C)(C)C)CC1C(F)(F)F. The molecule has 1 heterocycles. The molecule has 4 heteroatoms. The van der Waals surface area contributed by atoms with Gasteiger partial charge in [-0.2, -0.15) is 13.2 Å². The second-order valence-electron chi connectivity index (χ2n) is 5.53. The first-order chi connectivity index (χ1) is 6.62. The molecule has 1 aliphatic rings. The first-order valence-electron chi connectivity index (χ1n) is 5.44. The van der Waals surface area contributed by atoms with Gasteiger partial charge in [0.25, 0.3) is 0 Å². The topological polar surface area (TPSA) is 3.24 Å². The first-order valence-corrected chi connectivity index (χ1v) is 5.44. The summed E-state index contributed by atoms with van der Waals surface area (Å²) in [5.74, 6) is -1.41. The predicted molar refractivity (Wildman–Crippen MR) is 54.7 cm³/mol. The van der Waals surface area contributed by atoms with E-state index in [2.05, 4.69) is 0 Å². The smallest absolute Gasteiger partial charge is 0.298 e. The Morgan fingerprint density at radius 1 is 1.13 bits per heavy atom. The van der Waals surface area contributed by atoms with Crippen LogP contribution in [0.5, 0.6) is 0 Å². The number of hydrogen-bond acceptors (Lipinski definition) is 1. The number of nitrogens with zero attached hydrogens (tertiary/aromatic N) is 1. The standard InChI is InChI=1S/C11H20F3N/c1-8-5-6-15(10(2,3)4)7-9(8)11(12,13)14/h8-9H,5-7H2,1-4H3. The van der Waals surface area contributed by atoms with E-state index in [1.54, 1.807) is 6.92 Å². The number of rotatable bonds is 0. The molecule has 90 valence electrons. The van der Waals surface area contributed by atoms with Crippen LogP contribution < -0.4 is 0 Å². The number of halogens is 3. The maximum Gasteiger partial charge on any atom is 0.393 e. The lowest BCUT2D eigenvalue weighted by molar-refractivity contribution is -0.204. The van der Waals surface area contributed by atoms with Crippen molar-refractivity contribution in [2.45, 2.75) is 45.8 Å². The molecule has 2 unspecified atom stereocenters. The minimum Gasteiger partial charge on any atom is -0.298 e. The summed E-state index contributed by atoms with van der Waals surface area (Å²) < 4.78 is 38.2. The van der Waals surface area contributed by atoms with Crippen molar-refractivity contribution in [1.29, 1.82) is 0 Å². The van der Waals surface area contributed by atoms with Crippen molar-refractivity contribution in [1.82, 2.24) is 4.90 Å². The summed E-state index contributed by atoms with van der Waals surface area (Å²) in [6.07, 6.45) is -3.41. The van der Waals surface area contributed by atoms with Crippen molar-refractivity contribution in [3.63, 3.8) is 0 Å². The minimum atomic E-state index is -4.05. The molecule has 1 aliphatic heterocycles. The van der Waals surface area contributed by atoms with E-state index in [1.165, 1.54) is 0 Å². The van der Waals surface area contributed by atoms with Crippen molar-refractivity contribution in [2.24, 2.45) is 11.8 Å². The van der Waals surface area contributed by atoms with Crippen LogP contribution in [0.1, 0.15) is 34.1 Å². The van der Waals surface area contributed by atoms with Gasteiger partial charge in [-0.25, -0.2) is 0 Å². The molecular weight excluding hydrogens is 203 g/mol. The minimum absolute atomic E-state index is 0.147. The lowest BCUT2D eigenvalue weighted by Crippen LogP contribution is -2.52. The number of hydrogen-bond donors (Lipinski definition) is 0. The van der Waals surface area contributed by atoms with Crippen molar-refractivity contribution in [3.8, 4) is 0 Å². The number of piperidine rings is 1. The highest BCUT2D eigenvalue weighted by molar-refractivity contribution is 4.88. The van der Waals surface area contributed by atoms with Crippen LogP contribution in [0.2, 0.25) is 0 Å². The van der Waals surface area contributed by atoms with Gasteiger partial charge in [-0.05, 0) is 39.7 Å². The van der Waals surface area contributed by atoms with Crippen LogP contribution in [0.15, 0.2) is 0 Å². The average molecular weight is 223 g/mol. The van der Waals surface area contributed by atoms with E-state index in [4.69, 9.17) is 0 Å². The van der Waals surface area contributed by atoms with Gasteiger partial charge in [-0.15, -0.1) is 0 Å². The van der Waals surface area contributed by atoms with E-state index in [0.29, 0.717) is 6.42 Å². The fourth-order valence-corrected chi connectivity index (χ4v) is 2.10. The molecule has 2 atom stereocenters. The van der Waals surface area contributed by atoms with Crippen LogP contribution in [-0.2, 0) is 0 Å². The summed E-state index contributed by atoms with van der Waals surface area (Å²) in [5, 5.41) is 0. The summed E-state index contributed by atoms with van der Waals surface area (Å²) in [6, 6.07) is 0. The summed E-state index contributed by atoms with van der Waals surface area (Å²) in [4.78, 5) is 1.94. The zero-order valence-electron chi connectivity index (χ0n) is 9.86. The Bertz CT molecular complexity index is 217. The predicted octanol–water partition coefficient (Wildman–Crippen LogP) is 3.31. The average Bonchev–Trinajstić information content (AvgIpc) is 2.00. The Labute approximate surface area is 89.6 Å². The third-order valence-corrected chi connectivity index (χ3v) is 3.33. The summed E-state index contributed by atoms with van der Waals surface area (Å²) in [5.41, 5.74) is -0.163. The monoisotopic (exact) mass is 223 g/mol. The van der Waals surface area contributed by atoms with Crippen LogP contribution in [0.25, 0.3) is 0 Å². The number of alkyl halides is 3. The highest BCUT2D eigenvalue weighted by Crippen LogP contribution is 2.38. The number of likely N-dealkylation sites (tertiary alicyclic amines) is 1. The third-order valence-electron chi connectivity index (χ3n) is 3.33. The molecule has 0 radical (unpaired) electrons. The zero-order valence-corrected chi connectivity index (χ0v) is 9.86. The van der Waals surface area contributed by atoms with Gasteiger partial charge in [0.2, 0.25) is 0 Å². The van der Waals surface area contributed by atoms with E-state index < -0.39 is 12.1 Å². The molecule has 0 saturated carbocycles. The molecule has 15 heavy (non-hydrogen) atoms. The Morgan fingerprint density at radius 2 is 1.67 bits per heavy atom. The van der Waals surface area contributed by atoms with Gasteiger partial charge in [0.15, 0.2) is 0 Å². The molecule has 0 spiro atoms. The quantitative estimate of drug-likeness (QED) is 0.609. The van der Waals surface area contributed by atoms with Crippen molar-refractivity contribution in [2.75, 3.05) is 13.1 Å². The third kappa shape index (κ3) is 3.10. The van der Waals surface area contributed by atoms with Gasteiger partial charge >= 0.3 is 6.18 Å². The van der Waals surface area contributed by atoms with E-state index in [0.717, 1.165) is 6.54 Å². The van der Waals surface area contributed by atoms with E-state index in [1.807, 2.05) is 25.7 Å². The Hall–Kier alpha value is -0.250. The second-order valence-corrected chi connectivity index (χ2v) is 5.53. The molecular formula is C11H20F3N. The normalized spacial score (nSPS) is 30.6. The van der Waals surface area contributed by atoms with E-state index in [9.17, 15) is 13.2 Å². The highest BCUT2D eigenvalue weighted by atomic mass is 19.4. The molecule has 0 amide bonds. The van der Waals surface area contributed by atoms with Gasteiger partial charge in [0.1, 0.15) is 0 Å². The largest absolute Gasteiger partial charge is 0.393 e. The summed E-state index contributed by atoms with van der Waals surface area (Å²) in [7, 11) is 0. The Morgan fingerprint density at radius 3 is 2.07 bits per heavy atom. The lowest BCUT2D eigenvalue weighted by atomic mass is 9.84. The molecule has 0 aromatic heterocycles. The molecule has 0 aromatic carbocycles. The zero-order chi connectivity index (χ0) is 11.9. The maximum absolute atomic E-state index is 12.7. The van der Waals surface area contributed by atoms with Crippen LogP contribution in [0.4, 0.5) is 13.2 Å². The Kier molecular flexibility index (Phi) is 3.39. The second kappa shape index (κ2) is 3.96. The molecule has 1 fully saturated rings. The van der Waals surface area contributed by atoms with Crippen LogP contribution in [0.3, 0.4) is 0 Å².